The molecule has 1 aromatic heterocycles. The summed E-state index contributed by atoms with van der Waals surface area (Å²) in [5.74, 6) is -0.283. The number of H-pyrrole nitrogens is 1. The van der Waals surface area contributed by atoms with E-state index in [4.69, 9.17) is 23.2 Å². The minimum absolute atomic E-state index is 0.0803. The van der Waals surface area contributed by atoms with Gasteiger partial charge >= 0.3 is 6.03 Å². The number of aromatic nitrogens is 1. The largest absolute Gasteiger partial charge is 0.338 e. The zero-order valence-corrected chi connectivity index (χ0v) is 17.3. The molecule has 29 heavy (non-hydrogen) atoms. The number of hydrogen-bond acceptors (Lipinski definition) is 3. The van der Waals surface area contributed by atoms with Crippen LogP contribution < -0.4 is 21.5 Å². The highest BCUT2D eigenvalue weighted by molar-refractivity contribution is 6.35. The van der Waals surface area contributed by atoms with E-state index in [-0.39, 0.29) is 31.0 Å². The molecule has 3 rings (SSSR count). The van der Waals surface area contributed by atoms with E-state index in [1.165, 1.54) is 0 Å². The van der Waals surface area contributed by atoms with E-state index in [2.05, 4.69) is 20.9 Å². The zero-order valence-electron chi connectivity index (χ0n) is 15.7. The molecule has 0 spiro atoms. The Morgan fingerprint density at radius 2 is 1.72 bits per heavy atom. The van der Waals surface area contributed by atoms with E-state index in [1.54, 1.807) is 18.2 Å². The SMILES string of the molecule is O=C(CCNC(=O)NCc1cc2c([nH]c1=O)CCCC2)Nc1cc(Cl)cc(Cl)c1. The Labute approximate surface area is 178 Å². The van der Waals surface area contributed by atoms with E-state index in [0.29, 0.717) is 21.3 Å². The molecular formula is C20H22Cl2N4O3. The molecule has 0 radical (unpaired) electrons. The number of amides is 3. The average molecular weight is 437 g/mol. The number of anilines is 1. The van der Waals surface area contributed by atoms with Crippen LogP contribution >= 0.6 is 23.2 Å². The molecule has 1 aliphatic carbocycles. The first-order valence-electron chi connectivity index (χ1n) is 9.42. The summed E-state index contributed by atoms with van der Waals surface area (Å²) >= 11 is 11.8. The molecule has 154 valence electrons. The fourth-order valence-corrected chi connectivity index (χ4v) is 3.76. The Morgan fingerprint density at radius 3 is 2.48 bits per heavy atom. The average Bonchev–Trinajstić information content (AvgIpc) is 2.65. The van der Waals surface area contributed by atoms with Crippen molar-refractivity contribution in [3.05, 3.63) is 61.5 Å². The van der Waals surface area contributed by atoms with Crippen LogP contribution in [0.1, 0.15) is 36.1 Å². The molecule has 0 unspecified atom stereocenters. The molecule has 7 nitrogen and oxygen atoms in total. The number of halogens is 2. The predicted octanol–water partition coefficient (Wildman–Crippen LogP) is 3.39. The molecule has 0 aliphatic heterocycles. The second kappa shape index (κ2) is 9.80. The lowest BCUT2D eigenvalue weighted by molar-refractivity contribution is -0.116. The van der Waals surface area contributed by atoms with E-state index in [0.717, 1.165) is 36.9 Å². The van der Waals surface area contributed by atoms with Gasteiger partial charge in [-0.05, 0) is 55.5 Å². The predicted molar refractivity (Wildman–Crippen MR) is 114 cm³/mol. The number of urea groups is 1. The van der Waals surface area contributed by atoms with Crippen LogP contribution in [0.5, 0.6) is 0 Å². The highest BCUT2D eigenvalue weighted by Crippen LogP contribution is 2.22. The van der Waals surface area contributed by atoms with Crippen molar-refractivity contribution >= 4 is 40.8 Å². The Bertz CT molecular complexity index is 954. The molecule has 2 aromatic rings. The number of nitrogens with one attached hydrogen (secondary N) is 4. The molecule has 0 saturated heterocycles. The highest BCUT2D eigenvalue weighted by Gasteiger charge is 2.13. The standard InChI is InChI=1S/C20H22Cl2N4O3/c21-14-8-15(22)10-16(9-14)25-18(27)5-6-23-20(29)24-11-13-7-12-3-1-2-4-17(12)26-19(13)28/h7-10H,1-6,11H2,(H,25,27)(H,26,28)(H2,23,24,29). The quantitative estimate of drug-likeness (QED) is 0.557. The number of hydrogen-bond donors (Lipinski definition) is 4. The van der Waals surface area contributed by atoms with E-state index in [1.807, 2.05) is 6.07 Å². The van der Waals surface area contributed by atoms with Crippen molar-refractivity contribution in [2.45, 2.75) is 38.6 Å². The van der Waals surface area contributed by atoms with Crippen molar-refractivity contribution in [1.29, 1.82) is 0 Å². The molecule has 1 heterocycles. The molecule has 1 aliphatic rings. The number of fused-ring (bicyclic) bond motifs is 1. The minimum atomic E-state index is -0.444. The Morgan fingerprint density at radius 1 is 1.00 bits per heavy atom. The normalized spacial score (nSPS) is 12.8. The smallest absolute Gasteiger partial charge is 0.315 e. The van der Waals surface area contributed by atoms with Gasteiger partial charge in [0.05, 0.1) is 0 Å². The summed E-state index contributed by atoms with van der Waals surface area (Å²) in [5.41, 5.74) is 2.98. The van der Waals surface area contributed by atoms with Gasteiger partial charge in [0.25, 0.3) is 5.56 Å². The van der Waals surface area contributed by atoms with Crippen LogP contribution in [0.2, 0.25) is 10.0 Å². The zero-order chi connectivity index (χ0) is 20.8. The lowest BCUT2D eigenvalue weighted by atomic mass is 9.95. The second-order valence-electron chi connectivity index (χ2n) is 6.90. The van der Waals surface area contributed by atoms with Gasteiger partial charge in [-0.2, -0.15) is 0 Å². The van der Waals surface area contributed by atoms with Crippen LogP contribution in [0.25, 0.3) is 0 Å². The summed E-state index contributed by atoms with van der Waals surface area (Å²) in [6, 6.07) is 6.17. The molecule has 4 N–H and O–H groups in total. The number of rotatable bonds is 6. The first-order chi connectivity index (χ1) is 13.9. The molecule has 0 fully saturated rings. The van der Waals surface area contributed by atoms with Crippen LogP contribution in [0.3, 0.4) is 0 Å². The third-order valence-corrected chi connectivity index (χ3v) is 5.07. The first-order valence-corrected chi connectivity index (χ1v) is 10.2. The summed E-state index contributed by atoms with van der Waals surface area (Å²) in [5, 5.41) is 8.75. The maximum Gasteiger partial charge on any atom is 0.315 e. The van der Waals surface area contributed by atoms with Gasteiger partial charge in [-0.1, -0.05) is 23.2 Å². The van der Waals surface area contributed by atoms with Crippen molar-refractivity contribution in [1.82, 2.24) is 15.6 Å². The summed E-state index contributed by atoms with van der Waals surface area (Å²) < 4.78 is 0. The lowest BCUT2D eigenvalue weighted by Gasteiger charge is -2.16. The fourth-order valence-electron chi connectivity index (χ4n) is 3.23. The summed E-state index contributed by atoms with van der Waals surface area (Å²) in [4.78, 5) is 38.9. The van der Waals surface area contributed by atoms with Crippen molar-refractivity contribution in [3.8, 4) is 0 Å². The fraction of sp³-hybridized carbons (Fsp3) is 0.350. The van der Waals surface area contributed by atoms with E-state index < -0.39 is 6.03 Å². The molecule has 3 amide bonds. The topological polar surface area (TPSA) is 103 Å². The maximum absolute atomic E-state index is 12.1. The monoisotopic (exact) mass is 436 g/mol. The van der Waals surface area contributed by atoms with Crippen LogP contribution in [0.4, 0.5) is 10.5 Å². The number of carbonyl (C=O) groups is 2. The van der Waals surface area contributed by atoms with Crippen LogP contribution in [-0.2, 0) is 24.2 Å². The van der Waals surface area contributed by atoms with Gasteiger partial charge in [0, 0.05) is 46.5 Å². The minimum Gasteiger partial charge on any atom is -0.338 e. The highest BCUT2D eigenvalue weighted by atomic mass is 35.5. The van der Waals surface area contributed by atoms with Crippen LogP contribution in [0, 0.1) is 0 Å². The number of aryl methyl sites for hydroxylation is 2. The molecule has 0 saturated carbocycles. The molecular weight excluding hydrogens is 415 g/mol. The van der Waals surface area contributed by atoms with E-state index in [9.17, 15) is 14.4 Å². The third kappa shape index (κ3) is 6.24. The molecule has 0 atom stereocenters. The summed E-state index contributed by atoms with van der Waals surface area (Å²) in [6.45, 7) is 0.272. The van der Waals surface area contributed by atoms with Gasteiger partial charge in [0.15, 0.2) is 0 Å². The van der Waals surface area contributed by atoms with E-state index >= 15 is 0 Å². The van der Waals surface area contributed by atoms with Gasteiger partial charge in [0.1, 0.15) is 0 Å². The lowest BCUT2D eigenvalue weighted by Crippen LogP contribution is -2.38. The number of benzene rings is 1. The first kappa shape index (κ1) is 21.2. The van der Waals surface area contributed by atoms with Crippen LogP contribution in [0.15, 0.2) is 29.1 Å². The van der Waals surface area contributed by atoms with Gasteiger partial charge in [0.2, 0.25) is 5.91 Å². The Hall–Kier alpha value is -2.51. The van der Waals surface area contributed by atoms with Crippen molar-refractivity contribution in [3.63, 3.8) is 0 Å². The number of carbonyl (C=O) groups excluding carboxylic acids is 2. The number of pyridine rings is 1. The van der Waals surface area contributed by atoms with Crippen molar-refractivity contribution in [2.75, 3.05) is 11.9 Å². The summed E-state index contributed by atoms with van der Waals surface area (Å²) in [7, 11) is 0. The maximum atomic E-state index is 12.1. The Kier molecular flexibility index (Phi) is 7.17. The Balaban J connectivity index is 1.42. The number of aromatic amines is 1. The van der Waals surface area contributed by atoms with Gasteiger partial charge < -0.3 is 20.9 Å². The van der Waals surface area contributed by atoms with Gasteiger partial charge in [-0.25, -0.2) is 4.79 Å². The molecule has 9 heteroatoms. The van der Waals surface area contributed by atoms with Crippen LogP contribution in [-0.4, -0.2) is 23.5 Å². The summed E-state index contributed by atoms with van der Waals surface area (Å²) in [6.07, 6.45) is 4.11. The molecule has 1 aromatic carbocycles. The van der Waals surface area contributed by atoms with Crippen molar-refractivity contribution < 1.29 is 9.59 Å². The second-order valence-corrected chi connectivity index (χ2v) is 7.77. The van der Waals surface area contributed by atoms with Gasteiger partial charge in [-0.3, -0.25) is 9.59 Å². The molecule has 0 bridgehead atoms. The third-order valence-electron chi connectivity index (χ3n) is 4.64. The van der Waals surface area contributed by atoms with Gasteiger partial charge in [-0.15, -0.1) is 0 Å². The van der Waals surface area contributed by atoms with Crippen molar-refractivity contribution in [2.24, 2.45) is 0 Å².